The Morgan fingerprint density at radius 1 is 1.64 bits per heavy atom. The fourth-order valence-corrected chi connectivity index (χ4v) is 2.12. The first-order chi connectivity index (χ1) is 6.65. The van der Waals surface area contributed by atoms with E-state index in [1.807, 2.05) is 11.9 Å². The van der Waals surface area contributed by atoms with Crippen molar-refractivity contribution >= 4 is 5.91 Å². The molecule has 0 aliphatic carbocycles. The van der Waals surface area contributed by atoms with E-state index in [-0.39, 0.29) is 0 Å². The van der Waals surface area contributed by atoms with Gasteiger partial charge in [-0.2, -0.15) is 0 Å². The molecule has 1 saturated heterocycles. The Morgan fingerprint density at radius 2 is 2.36 bits per heavy atom. The summed E-state index contributed by atoms with van der Waals surface area (Å²) in [6.07, 6.45) is 2.98. The number of carbonyl (C=O) groups excluding carboxylic acids is 1. The van der Waals surface area contributed by atoms with Gasteiger partial charge >= 0.3 is 0 Å². The minimum absolute atomic E-state index is 0.340. The summed E-state index contributed by atoms with van der Waals surface area (Å²) in [7, 11) is 1.96. The van der Waals surface area contributed by atoms with Gasteiger partial charge in [0.15, 0.2) is 0 Å². The summed E-state index contributed by atoms with van der Waals surface area (Å²) in [4.78, 5) is 13.7. The van der Waals surface area contributed by atoms with Gasteiger partial charge < -0.3 is 10.2 Å². The number of likely N-dealkylation sites (tertiary alicyclic amines) is 1. The van der Waals surface area contributed by atoms with E-state index in [2.05, 4.69) is 19.2 Å². The second kappa shape index (κ2) is 5.35. The maximum Gasteiger partial charge on any atom is 0.222 e. The number of nitrogens with one attached hydrogen (secondary N) is 1. The lowest BCUT2D eigenvalue weighted by Crippen LogP contribution is -2.45. The van der Waals surface area contributed by atoms with Crippen LogP contribution in [-0.2, 0) is 4.79 Å². The molecule has 3 nitrogen and oxygen atoms in total. The van der Waals surface area contributed by atoms with Gasteiger partial charge in [-0.3, -0.25) is 4.79 Å². The van der Waals surface area contributed by atoms with Gasteiger partial charge in [-0.05, 0) is 39.3 Å². The molecule has 1 aliphatic heterocycles. The Bertz CT molecular complexity index is 194. The molecule has 0 aromatic rings. The van der Waals surface area contributed by atoms with Crippen molar-refractivity contribution in [3.8, 4) is 0 Å². The highest BCUT2D eigenvalue weighted by Crippen LogP contribution is 2.18. The summed E-state index contributed by atoms with van der Waals surface area (Å²) in [5, 5.41) is 3.15. The van der Waals surface area contributed by atoms with Crippen molar-refractivity contribution in [1.82, 2.24) is 10.2 Å². The number of piperidine rings is 1. The SMILES string of the molecule is CNCC(C)CN1C(=O)CCCC1C. The average Bonchev–Trinajstić information content (AvgIpc) is 2.12. The van der Waals surface area contributed by atoms with E-state index < -0.39 is 0 Å². The van der Waals surface area contributed by atoms with Crippen LogP contribution in [0.1, 0.15) is 33.1 Å². The van der Waals surface area contributed by atoms with Crippen molar-refractivity contribution in [3.63, 3.8) is 0 Å². The van der Waals surface area contributed by atoms with E-state index in [0.717, 1.165) is 32.4 Å². The molecule has 1 amide bonds. The molecule has 0 aromatic heterocycles. The van der Waals surface area contributed by atoms with Crippen molar-refractivity contribution in [3.05, 3.63) is 0 Å². The molecular weight excluding hydrogens is 176 g/mol. The van der Waals surface area contributed by atoms with Gasteiger partial charge in [0.2, 0.25) is 5.91 Å². The molecule has 0 bridgehead atoms. The molecule has 1 aliphatic rings. The van der Waals surface area contributed by atoms with Crippen LogP contribution < -0.4 is 5.32 Å². The van der Waals surface area contributed by atoms with Gasteiger partial charge in [0.1, 0.15) is 0 Å². The zero-order valence-electron chi connectivity index (χ0n) is 9.55. The first-order valence-electron chi connectivity index (χ1n) is 5.59. The van der Waals surface area contributed by atoms with Crippen LogP contribution >= 0.6 is 0 Å². The fourth-order valence-electron chi connectivity index (χ4n) is 2.12. The molecule has 0 aromatic carbocycles. The average molecular weight is 198 g/mol. The molecule has 0 saturated carbocycles. The van der Waals surface area contributed by atoms with Gasteiger partial charge in [-0.1, -0.05) is 6.92 Å². The second-order valence-electron chi connectivity index (χ2n) is 4.45. The predicted molar refractivity (Wildman–Crippen MR) is 58.1 cm³/mol. The van der Waals surface area contributed by atoms with Crippen LogP contribution in [-0.4, -0.2) is 37.0 Å². The molecule has 1 fully saturated rings. The van der Waals surface area contributed by atoms with Crippen molar-refractivity contribution in [1.29, 1.82) is 0 Å². The highest BCUT2D eigenvalue weighted by Gasteiger charge is 2.25. The Hall–Kier alpha value is -0.570. The fraction of sp³-hybridized carbons (Fsp3) is 0.909. The smallest absolute Gasteiger partial charge is 0.222 e. The lowest BCUT2D eigenvalue weighted by atomic mass is 10.0. The Labute approximate surface area is 86.9 Å². The zero-order valence-corrected chi connectivity index (χ0v) is 9.55. The summed E-state index contributed by atoms with van der Waals surface area (Å²) >= 11 is 0. The van der Waals surface area contributed by atoms with Crippen molar-refractivity contribution in [2.24, 2.45) is 5.92 Å². The third kappa shape index (κ3) is 2.98. The Balaban J connectivity index is 2.43. The van der Waals surface area contributed by atoms with Crippen molar-refractivity contribution < 1.29 is 4.79 Å². The van der Waals surface area contributed by atoms with E-state index in [1.165, 1.54) is 0 Å². The number of hydrogen-bond donors (Lipinski definition) is 1. The number of amides is 1. The predicted octanol–water partition coefficient (Wildman–Crippen LogP) is 1.24. The molecule has 82 valence electrons. The zero-order chi connectivity index (χ0) is 10.6. The van der Waals surface area contributed by atoms with Crippen LogP contribution in [0.3, 0.4) is 0 Å². The number of rotatable bonds is 4. The Morgan fingerprint density at radius 3 is 2.93 bits per heavy atom. The number of nitrogens with zero attached hydrogens (tertiary/aromatic N) is 1. The highest BCUT2D eigenvalue weighted by molar-refractivity contribution is 5.77. The molecule has 1 heterocycles. The molecule has 1 rings (SSSR count). The van der Waals surface area contributed by atoms with Gasteiger partial charge in [0, 0.05) is 19.0 Å². The van der Waals surface area contributed by atoms with Crippen molar-refractivity contribution in [2.45, 2.75) is 39.2 Å². The number of hydrogen-bond acceptors (Lipinski definition) is 2. The molecule has 2 unspecified atom stereocenters. The van der Waals surface area contributed by atoms with E-state index in [9.17, 15) is 4.79 Å². The summed E-state index contributed by atoms with van der Waals surface area (Å²) in [5.74, 6) is 0.885. The normalized spacial score (nSPS) is 25.2. The first kappa shape index (κ1) is 11.5. The van der Waals surface area contributed by atoms with Crippen LogP contribution in [0.25, 0.3) is 0 Å². The van der Waals surface area contributed by atoms with Gasteiger partial charge in [-0.15, -0.1) is 0 Å². The monoisotopic (exact) mass is 198 g/mol. The van der Waals surface area contributed by atoms with Gasteiger partial charge in [0.05, 0.1) is 0 Å². The van der Waals surface area contributed by atoms with Gasteiger partial charge in [-0.25, -0.2) is 0 Å². The topological polar surface area (TPSA) is 32.3 Å². The summed E-state index contributed by atoms with van der Waals surface area (Å²) in [6, 6.07) is 0.440. The summed E-state index contributed by atoms with van der Waals surface area (Å²) < 4.78 is 0. The lowest BCUT2D eigenvalue weighted by molar-refractivity contribution is -0.136. The standard InChI is InChI=1S/C11H22N2O/c1-9(7-12-3)8-13-10(2)5-4-6-11(13)14/h9-10,12H,4-8H2,1-3H3. The minimum atomic E-state index is 0.340. The quantitative estimate of drug-likeness (QED) is 0.737. The molecular formula is C11H22N2O. The maximum absolute atomic E-state index is 11.6. The second-order valence-corrected chi connectivity index (χ2v) is 4.45. The van der Waals surface area contributed by atoms with Crippen LogP contribution in [0, 0.1) is 5.92 Å². The summed E-state index contributed by atoms with van der Waals surface area (Å²) in [5.41, 5.74) is 0. The van der Waals surface area contributed by atoms with Crippen LogP contribution in [0.4, 0.5) is 0 Å². The largest absolute Gasteiger partial charge is 0.340 e. The van der Waals surface area contributed by atoms with E-state index in [1.54, 1.807) is 0 Å². The van der Waals surface area contributed by atoms with Crippen LogP contribution in [0.15, 0.2) is 0 Å². The van der Waals surface area contributed by atoms with E-state index in [4.69, 9.17) is 0 Å². The molecule has 3 heteroatoms. The first-order valence-corrected chi connectivity index (χ1v) is 5.59. The third-order valence-corrected chi connectivity index (χ3v) is 2.93. The van der Waals surface area contributed by atoms with Crippen LogP contribution in [0.5, 0.6) is 0 Å². The molecule has 2 atom stereocenters. The van der Waals surface area contributed by atoms with E-state index in [0.29, 0.717) is 17.9 Å². The number of carbonyl (C=O) groups is 1. The van der Waals surface area contributed by atoms with Crippen LogP contribution in [0.2, 0.25) is 0 Å². The third-order valence-electron chi connectivity index (χ3n) is 2.93. The molecule has 1 N–H and O–H groups in total. The van der Waals surface area contributed by atoms with Gasteiger partial charge in [0.25, 0.3) is 0 Å². The molecule has 14 heavy (non-hydrogen) atoms. The Kier molecular flexibility index (Phi) is 4.39. The summed E-state index contributed by atoms with van der Waals surface area (Å²) in [6.45, 7) is 6.23. The lowest BCUT2D eigenvalue weighted by Gasteiger charge is -2.35. The maximum atomic E-state index is 11.6. The minimum Gasteiger partial charge on any atom is -0.340 e. The van der Waals surface area contributed by atoms with E-state index >= 15 is 0 Å². The van der Waals surface area contributed by atoms with Crippen molar-refractivity contribution in [2.75, 3.05) is 20.1 Å². The molecule has 0 radical (unpaired) electrons. The highest BCUT2D eigenvalue weighted by atomic mass is 16.2. The molecule has 0 spiro atoms.